The molecule has 0 amide bonds. The van der Waals surface area contributed by atoms with E-state index in [4.69, 9.17) is 5.11 Å². The molecule has 0 aromatic carbocycles. The number of aliphatic carboxylic acids is 1. The van der Waals surface area contributed by atoms with Gasteiger partial charge in [-0.1, -0.05) is 6.58 Å². The van der Waals surface area contributed by atoms with E-state index >= 15 is 0 Å². The van der Waals surface area contributed by atoms with Gasteiger partial charge >= 0.3 is 5.97 Å². The van der Waals surface area contributed by atoms with Crippen LogP contribution in [0.1, 0.15) is 20.3 Å². The molecule has 0 fully saturated rings. The lowest BCUT2D eigenvalue weighted by Crippen LogP contribution is -2.30. The second kappa shape index (κ2) is 7.43. The van der Waals surface area contributed by atoms with Gasteiger partial charge in [-0.15, -0.1) is 0 Å². The number of hydrogen-bond donors (Lipinski definition) is 2. The largest absolute Gasteiger partial charge is 0.478 e. The molecule has 0 rings (SSSR count). The van der Waals surface area contributed by atoms with Gasteiger partial charge in [-0.25, -0.2) is 4.79 Å². The van der Waals surface area contributed by atoms with E-state index in [0.717, 1.165) is 19.5 Å². The van der Waals surface area contributed by atoms with Crippen molar-refractivity contribution in [3.05, 3.63) is 12.2 Å². The van der Waals surface area contributed by atoms with Gasteiger partial charge in [0.05, 0.1) is 0 Å². The Morgan fingerprint density at radius 3 is 2.60 bits per heavy atom. The van der Waals surface area contributed by atoms with Gasteiger partial charge in [0.1, 0.15) is 0 Å². The number of carboxylic acid groups (broad SMARTS) is 1. The summed E-state index contributed by atoms with van der Waals surface area (Å²) < 4.78 is 0. The average Bonchev–Trinajstić information content (AvgIpc) is 2.16. The van der Waals surface area contributed by atoms with Crippen LogP contribution in [0, 0.1) is 0 Å². The summed E-state index contributed by atoms with van der Waals surface area (Å²) in [5, 5.41) is 11.6. The van der Waals surface area contributed by atoms with E-state index in [2.05, 4.69) is 37.7 Å². The third-order valence-electron chi connectivity index (χ3n) is 2.39. The SMILES string of the molecule is C=C(CNCCCN(C)C(C)C)C(=O)O. The Balaban J connectivity index is 3.40. The van der Waals surface area contributed by atoms with Gasteiger partial charge in [0.15, 0.2) is 0 Å². The topological polar surface area (TPSA) is 52.6 Å². The highest BCUT2D eigenvalue weighted by Crippen LogP contribution is 1.94. The van der Waals surface area contributed by atoms with Gasteiger partial charge < -0.3 is 15.3 Å². The van der Waals surface area contributed by atoms with Gasteiger partial charge in [0.25, 0.3) is 0 Å². The van der Waals surface area contributed by atoms with E-state index in [-0.39, 0.29) is 5.57 Å². The first kappa shape index (κ1) is 14.1. The fraction of sp³-hybridized carbons (Fsp3) is 0.727. The summed E-state index contributed by atoms with van der Waals surface area (Å²) in [5.74, 6) is -0.929. The highest BCUT2D eigenvalue weighted by molar-refractivity contribution is 5.86. The van der Waals surface area contributed by atoms with Crippen LogP contribution in [-0.4, -0.2) is 48.7 Å². The van der Waals surface area contributed by atoms with Crippen LogP contribution in [0.25, 0.3) is 0 Å². The number of nitrogens with one attached hydrogen (secondary N) is 1. The maximum atomic E-state index is 10.4. The van der Waals surface area contributed by atoms with E-state index < -0.39 is 5.97 Å². The second-order valence-electron chi connectivity index (χ2n) is 4.01. The maximum Gasteiger partial charge on any atom is 0.332 e. The molecule has 0 spiro atoms. The Hall–Kier alpha value is -0.870. The third kappa shape index (κ3) is 7.11. The first-order valence-corrected chi connectivity index (χ1v) is 5.27. The Kier molecular flexibility index (Phi) is 6.99. The van der Waals surface area contributed by atoms with Gasteiger partial charge in [0.2, 0.25) is 0 Å². The minimum absolute atomic E-state index is 0.215. The van der Waals surface area contributed by atoms with E-state index in [1.54, 1.807) is 0 Å². The maximum absolute atomic E-state index is 10.4. The fourth-order valence-electron chi connectivity index (χ4n) is 1.03. The molecule has 0 heterocycles. The number of carbonyl (C=O) groups is 1. The predicted molar refractivity (Wildman–Crippen MR) is 62.0 cm³/mol. The quantitative estimate of drug-likeness (QED) is 0.466. The summed E-state index contributed by atoms with van der Waals surface area (Å²) in [7, 11) is 2.08. The highest BCUT2D eigenvalue weighted by Gasteiger charge is 2.03. The lowest BCUT2D eigenvalue weighted by molar-refractivity contribution is -0.132. The van der Waals surface area contributed by atoms with E-state index in [0.29, 0.717) is 12.6 Å². The summed E-state index contributed by atoms with van der Waals surface area (Å²) in [6.45, 7) is 9.95. The van der Waals surface area contributed by atoms with Crippen molar-refractivity contribution in [2.45, 2.75) is 26.3 Å². The molecule has 88 valence electrons. The predicted octanol–water partition coefficient (Wildman–Crippen LogP) is 0.947. The molecular formula is C11H22N2O2. The first-order valence-electron chi connectivity index (χ1n) is 5.27. The molecule has 0 aromatic rings. The minimum atomic E-state index is -0.929. The first-order chi connectivity index (χ1) is 6.95. The molecule has 0 aliphatic heterocycles. The molecular weight excluding hydrogens is 192 g/mol. The molecule has 15 heavy (non-hydrogen) atoms. The lowest BCUT2D eigenvalue weighted by atomic mass is 10.3. The molecule has 4 nitrogen and oxygen atoms in total. The lowest BCUT2D eigenvalue weighted by Gasteiger charge is -2.20. The fourth-order valence-corrected chi connectivity index (χ4v) is 1.03. The van der Waals surface area contributed by atoms with Crippen LogP contribution in [0.15, 0.2) is 12.2 Å². The zero-order valence-electron chi connectivity index (χ0n) is 9.92. The smallest absolute Gasteiger partial charge is 0.332 e. The Morgan fingerprint density at radius 2 is 2.13 bits per heavy atom. The molecule has 0 bridgehead atoms. The van der Waals surface area contributed by atoms with Crippen molar-refractivity contribution >= 4 is 5.97 Å². The van der Waals surface area contributed by atoms with Crippen molar-refractivity contribution < 1.29 is 9.90 Å². The number of carboxylic acids is 1. The Bertz CT molecular complexity index is 215. The van der Waals surface area contributed by atoms with E-state index in [9.17, 15) is 4.79 Å². The highest BCUT2D eigenvalue weighted by atomic mass is 16.4. The van der Waals surface area contributed by atoms with Crippen molar-refractivity contribution in [2.75, 3.05) is 26.7 Å². The van der Waals surface area contributed by atoms with Gasteiger partial charge in [-0.2, -0.15) is 0 Å². The number of nitrogens with zero attached hydrogens (tertiary/aromatic N) is 1. The van der Waals surface area contributed by atoms with Crippen LogP contribution >= 0.6 is 0 Å². The van der Waals surface area contributed by atoms with Gasteiger partial charge in [-0.3, -0.25) is 0 Å². The van der Waals surface area contributed by atoms with Crippen molar-refractivity contribution in [2.24, 2.45) is 0 Å². The number of hydrogen-bond acceptors (Lipinski definition) is 3. The molecule has 0 aromatic heterocycles. The third-order valence-corrected chi connectivity index (χ3v) is 2.39. The van der Waals surface area contributed by atoms with Crippen LogP contribution < -0.4 is 5.32 Å². The van der Waals surface area contributed by atoms with Crippen LogP contribution in [0.4, 0.5) is 0 Å². The van der Waals surface area contributed by atoms with Crippen molar-refractivity contribution in [3.8, 4) is 0 Å². The second-order valence-corrected chi connectivity index (χ2v) is 4.01. The molecule has 0 saturated carbocycles. The molecule has 0 atom stereocenters. The van der Waals surface area contributed by atoms with Crippen molar-refractivity contribution in [1.82, 2.24) is 10.2 Å². The van der Waals surface area contributed by atoms with Crippen molar-refractivity contribution in [3.63, 3.8) is 0 Å². The zero-order valence-corrected chi connectivity index (χ0v) is 9.92. The summed E-state index contributed by atoms with van der Waals surface area (Å²) in [6, 6.07) is 0.555. The van der Waals surface area contributed by atoms with Crippen molar-refractivity contribution in [1.29, 1.82) is 0 Å². The molecule has 0 saturated heterocycles. The summed E-state index contributed by atoms with van der Waals surface area (Å²) in [6.07, 6.45) is 1.02. The number of rotatable bonds is 8. The molecule has 2 N–H and O–H groups in total. The summed E-state index contributed by atoms with van der Waals surface area (Å²) >= 11 is 0. The molecule has 0 aliphatic rings. The minimum Gasteiger partial charge on any atom is -0.478 e. The molecule has 4 heteroatoms. The average molecular weight is 214 g/mol. The molecule has 0 unspecified atom stereocenters. The normalized spacial score (nSPS) is 11.0. The van der Waals surface area contributed by atoms with Gasteiger partial charge in [0, 0.05) is 18.2 Å². The van der Waals surface area contributed by atoms with E-state index in [1.165, 1.54) is 0 Å². The molecule has 0 aliphatic carbocycles. The Morgan fingerprint density at radius 1 is 1.53 bits per heavy atom. The Labute approximate surface area is 92.0 Å². The van der Waals surface area contributed by atoms with Crippen LogP contribution in [0.5, 0.6) is 0 Å². The summed E-state index contributed by atoms with van der Waals surface area (Å²) in [5.41, 5.74) is 0.215. The van der Waals surface area contributed by atoms with E-state index in [1.807, 2.05) is 0 Å². The zero-order chi connectivity index (χ0) is 11.8. The van der Waals surface area contributed by atoms with Crippen LogP contribution in [0.3, 0.4) is 0 Å². The molecule has 0 radical (unpaired) electrons. The summed E-state index contributed by atoms with van der Waals surface area (Å²) in [4.78, 5) is 12.7. The van der Waals surface area contributed by atoms with Gasteiger partial charge in [-0.05, 0) is 40.4 Å². The standard InChI is InChI=1S/C11H22N2O2/c1-9(2)13(4)7-5-6-12-8-10(3)11(14)15/h9,12H,3,5-8H2,1-2,4H3,(H,14,15). The van der Waals surface area contributed by atoms with Crippen LogP contribution in [0.2, 0.25) is 0 Å². The monoisotopic (exact) mass is 214 g/mol. The van der Waals surface area contributed by atoms with Crippen LogP contribution in [-0.2, 0) is 4.79 Å².